The summed E-state index contributed by atoms with van der Waals surface area (Å²) in [6.45, 7) is 0.668. The van der Waals surface area contributed by atoms with Crippen LogP contribution in [0.5, 0.6) is 0 Å². The number of hydrogen-bond acceptors (Lipinski definition) is 3. The molecule has 0 aliphatic carbocycles. The third-order valence-electron chi connectivity index (χ3n) is 3.83. The number of fused-ring (bicyclic) bond motifs is 2. The lowest BCUT2D eigenvalue weighted by atomic mass is 10.1. The third-order valence-corrected chi connectivity index (χ3v) is 3.83. The Hall–Kier alpha value is -2.76. The van der Waals surface area contributed by atoms with Gasteiger partial charge in [0.1, 0.15) is 6.04 Å². The molecule has 0 saturated carbocycles. The molecule has 1 atom stereocenters. The number of benzene rings is 1. The van der Waals surface area contributed by atoms with Crippen molar-refractivity contribution in [2.24, 2.45) is 9.98 Å². The highest BCUT2D eigenvalue weighted by molar-refractivity contribution is 6.24. The zero-order valence-corrected chi connectivity index (χ0v) is 11.1. The monoisotopic (exact) mass is 280 g/mol. The standard InChI is InChI=1S/C15H12N4O2/c20-14(19-6-5-9-3-1-2-4-12(9)19)10-7-11-13(16-8-10)18-15(21)17-11/h1-4,7-8,11H,5-6H2,(H,17,21). The molecule has 1 unspecified atom stereocenters. The largest absolute Gasteiger partial charge is 0.343 e. The first kappa shape index (κ1) is 12.0. The zero-order chi connectivity index (χ0) is 14.4. The minimum Gasteiger partial charge on any atom is -0.323 e. The van der Waals surface area contributed by atoms with Gasteiger partial charge in [0.05, 0.1) is 5.57 Å². The molecule has 3 aliphatic rings. The summed E-state index contributed by atoms with van der Waals surface area (Å²) >= 11 is 0. The highest BCUT2D eigenvalue weighted by atomic mass is 16.2. The second-order valence-corrected chi connectivity index (χ2v) is 5.11. The van der Waals surface area contributed by atoms with Crippen molar-refractivity contribution in [1.29, 1.82) is 0 Å². The molecule has 1 aromatic rings. The van der Waals surface area contributed by atoms with Gasteiger partial charge in [-0.05, 0) is 24.1 Å². The molecule has 3 amide bonds. The van der Waals surface area contributed by atoms with Crippen molar-refractivity contribution in [1.82, 2.24) is 5.32 Å². The molecule has 0 fully saturated rings. The van der Waals surface area contributed by atoms with Crippen LogP contribution in [-0.4, -0.2) is 36.6 Å². The minimum atomic E-state index is -0.413. The van der Waals surface area contributed by atoms with Crippen LogP contribution < -0.4 is 10.2 Å². The van der Waals surface area contributed by atoms with Gasteiger partial charge in [-0.25, -0.2) is 9.79 Å². The molecule has 21 heavy (non-hydrogen) atoms. The van der Waals surface area contributed by atoms with E-state index in [0.29, 0.717) is 18.0 Å². The summed E-state index contributed by atoms with van der Waals surface area (Å²) in [6, 6.07) is 7.09. The number of nitrogens with zero attached hydrogens (tertiary/aromatic N) is 3. The van der Waals surface area contributed by atoms with Gasteiger partial charge < -0.3 is 10.2 Å². The maximum atomic E-state index is 12.6. The topological polar surface area (TPSA) is 74.1 Å². The SMILES string of the molecule is O=C1N=C2N=CC(C(=O)N3CCc4ccccc43)=CC2N1. The van der Waals surface area contributed by atoms with Crippen molar-refractivity contribution in [3.8, 4) is 0 Å². The van der Waals surface area contributed by atoms with Crippen LogP contribution in [-0.2, 0) is 11.2 Å². The molecule has 0 radical (unpaired) electrons. The van der Waals surface area contributed by atoms with Crippen LogP contribution in [0.25, 0.3) is 0 Å². The molecule has 4 rings (SSSR count). The van der Waals surface area contributed by atoms with Crippen LogP contribution in [0.2, 0.25) is 0 Å². The maximum Gasteiger partial charge on any atom is 0.343 e. The molecule has 3 aliphatic heterocycles. The van der Waals surface area contributed by atoms with Gasteiger partial charge in [-0.1, -0.05) is 18.2 Å². The molecule has 0 bridgehead atoms. The summed E-state index contributed by atoms with van der Waals surface area (Å²) in [7, 11) is 0. The lowest BCUT2D eigenvalue weighted by molar-refractivity contribution is -0.114. The van der Waals surface area contributed by atoms with Crippen LogP contribution in [0.1, 0.15) is 5.56 Å². The smallest absolute Gasteiger partial charge is 0.323 e. The second-order valence-electron chi connectivity index (χ2n) is 5.11. The van der Waals surface area contributed by atoms with E-state index in [9.17, 15) is 9.59 Å². The van der Waals surface area contributed by atoms with E-state index in [4.69, 9.17) is 0 Å². The van der Waals surface area contributed by atoms with Crippen molar-refractivity contribution >= 4 is 29.7 Å². The average Bonchev–Trinajstić information content (AvgIpc) is 3.07. The van der Waals surface area contributed by atoms with E-state index >= 15 is 0 Å². The van der Waals surface area contributed by atoms with E-state index in [1.165, 1.54) is 11.8 Å². The van der Waals surface area contributed by atoms with E-state index in [0.717, 1.165) is 12.1 Å². The van der Waals surface area contributed by atoms with Gasteiger partial charge in [0.25, 0.3) is 5.91 Å². The van der Waals surface area contributed by atoms with Gasteiger partial charge in [-0.15, -0.1) is 0 Å². The Morgan fingerprint density at radius 1 is 1.33 bits per heavy atom. The van der Waals surface area contributed by atoms with E-state index < -0.39 is 6.03 Å². The Morgan fingerprint density at radius 3 is 3.10 bits per heavy atom. The zero-order valence-electron chi connectivity index (χ0n) is 11.1. The fourth-order valence-electron chi connectivity index (χ4n) is 2.82. The number of carbonyl (C=O) groups is 2. The highest BCUT2D eigenvalue weighted by Gasteiger charge is 2.31. The van der Waals surface area contributed by atoms with Gasteiger partial charge in [0, 0.05) is 18.4 Å². The molecule has 6 heteroatoms. The number of nitrogens with one attached hydrogen (secondary N) is 1. The number of dihydropyridines is 1. The Kier molecular flexibility index (Phi) is 2.50. The van der Waals surface area contributed by atoms with Crippen molar-refractivity contribution in [3.05, 3.63) is 41.5 Å². The first-order chi connectivity index (χ1) is 10.2. The van der Waals surface area contributed by atoms with Crippen LogP contribution in [0.3, 0.4) is 0 Å². The number of para-hydroxylation sites is 1. The normalized spacial score (nSPS) is 22.4. The van der Waals surface area contributed by atoms with Crippen molar-refractivity contribution in [2.45, 2.75) is 12.5 Å². The number of urea groups is 1. The molecule has 1 N–H and O–H groups in total. The summed E-state index contributed by atoms with van der Waals surface area (Å²) in [5, 5.41) is 2.65. The molecular formula is C15H12N4O2. The summed E-state index contributed by atoms with van der Waals surface area (Å²) < 4.78 is 0. The molecule has 0 aromatic heterocycles. The van der Waals surface area contributed by atoms with E-state index in [2.05, 4.69) is 15.3 Å². The van der Waals surface area contributed by atoms with E-state index in [1.807, 2.05) is 24.3 Å². The molecule has 3 heterocycles. The number of amidine groups is 1. The van der Waals surface area contributed by atoms with Gasteiger partial charge in [0.15, 0.2) is 5.84 Å². The Morgan fingerprint density at radius 2 is 2.19 bits per heavy atom. The van der Waals surface area contributed by atoms with Crippen LogP contribution in [0.15, 0.2) is 45.9 Å². The first-order valence-electron chi connectivity index (χ1n) is 6.77. The second kappa shape index (κ2) is 4.37. The lowest BCUT2D eigenvalue weighted by Gasteiger charge is -2.20. The van der Waals surface area contributed by atoms with Gasteiger partial charge in [-0.3, -0.25) is 4.79 Å². The average molecular weight is 280 g/mol. The summed E-state index contributed by atoms with van der Waals surface area (Å²) in [6.07, 6.45) is 4.05. The number of anilines is 1. The van der Waals surface area contributed by atoms with Crippen LogP contribution in [0.4, 0.5) is 10.5 Å². The van der Waals surface area contributed by atoms with Crippen molar-refractivity contribution < 1.29 is 9.59 Å². The maximum absolute atomic E-state index is 12.6. The molecule has 0 saturated heterocycles. The van der Waals surface area contributed by atoms with Crippen LogP contribution in [0, 0.1) is 0 Å². The Labute approximate surface area is 120 Å². The number of hydrogen-bond donors (Lipinski definition) is 1. The fraction of sp³-hybridized carbons (Fsp3) is 0.200. The fourth-order valence-corrected chi connectivity index (χ4v) is 2.82. The van der Waals surface area contributed by atoms with E-state index in [-0.39, 0.29) is 11.9 Å². The Balaban J connectivity index is 1.63. The lowest BCUT2D eigenvalue weighted by Crippen LogP contribution is -2.36. The molecule has 104 valence electrons. The van der Waals surface area contributed by atoms with Crippen LogP contribution >= 0.6 is 0 Å². The van der Waals surface area contributed by atoms with Crippen molar-refractivity contribution in [3.63, 3.8) is 0 Å². The Bertz CT molecular complexity index is 748. The number of rotatable bonds is 1. The van der Waals surface area contributed by atoms with E-state index in [1.54, 1.807) is 11.0 Å². The highest BCUT2D eigenvalue weighted by Crippen LogP contribution is 2.28. The number of amides is 3. The van der Waals surface area contributed by atoms with Gasteiger partial charge in [-0.2, -0.15) is 4.99 Å². The molecule has 6 nitrogen and oxygen atoms in total. The predicted molar refractivity (Wildman–Crippen MR) is 78.8 cm³/mol. The van der Waals surface area contributed by atoms with Gasteiger partial charge >= 0.3 is 6.03 Å². The number of carbonyl (C=O) groups excluding carboxylic acids is 2. The molecule has 1 aromatic carbocycles. The first-order valence-corrected chi connectivity index (χ1v) is 6.77. The predicted octanol–water partition coefficient (Wildman–Crippen LogP) is 1.08. The summed E-state index contributed by atoms with van der Waals surface area (Å²) in [4.78, 5) is 33.4. The van der Waals surface area contributed by atoms with Gasteiger partial charge in [0.2, 0.25) is 0 Å². The third kappa shape index (κ3) is 1.87. The quantitative estimate of drug-likeness (QED) is 0.835. The molecular weight excluding hydrogens is 268 g/mol. The summed E-state index contributed by atoms with van der Waals surface area (Å²) in [5.74, 6) is 0.322. The minimum absolute atomic E-state index is 0.0936. The number of aliphatic imine (C=N–C) groups is 2. The summed E-state index contributed by atoms with van der Waals surface area (Å²) in [5.41, 5.74) is 2.61. The van der Waals surface area contributed by atoms with Crippen molar-refractivity contribution in [2.75, 3.05) is 11.4 Å². The molecule has 0 spiro atoms.